The normalized spacial score (nSPS) is 17.4. The average molecular weight is 456 g/mol. The first kappa shape index (κ1) is 22.6. The fourth-order valence-corrected chi connectivity index (χ4v) is 5.21. The maximum atomic E-state index is 13.3. The van der Waals surface area contributed by atoms with Gasteiger partial charge in [0.25, 0.3) is 5.56 Å². The number of carbonyl (C=O) groups is 1. The number of nitrogens with zero attached hydrogens (tertiary/aromatic N) is 2. The van der Waals surface area contributed by atoms with Crippen molar-refractivity contribution in [1.82, 2.24) is 14.9 Å². The molecule has 1 saturated carbocycles. The predicted octanol–water partition coefficient (Wildman–Crippen LogP) is 4.74. The van der Waals surface area contributed by atoms with E-state index in [9.17, 15) is 9.59 Å². The number of carbonyl (C=O) groups excluding carboxylic acids is 1. The molecule has 1 N–H and O–H groups in total. The van der Waals surface area contributed by atoms with Crippen molar-refractivity contribution >= 4 is 5.91 Å². The van der Waals surface area contributed by atoms with Crippen LogP contribution in [0.2, 0.25) is 0 Å². The van der Waals surface area contributed by atoms with E-state index >= 15 is 0 Å². The Hall–Kier alpha value is -3.21. The summed E-state index contributed by atoms with van der Waals surface area (Å²) in [5.41, 5.74) is 4.72. The number of benzene rings is 2. The second-order valence-corrected chi connectivity index (χ2v) is 10.4. The topological polar surface area (TPSA) is 66.1 Å². The number of amides is 1. The minimum absolute atomic E-state index is 0.0636. The van der Waals surface area contributed by atoms with Crippen LogP contribution < -0.4 is 5.56 Å². The van der Waals surface area contributed by atoms with Gasteiger partial charge in [-0.1, -0.05) is 68.4 Å². The van der Waals surface area contributed by atoms with Gasteiger partial charge in [-0.15, -0.1) is 0 Å². The minimum atomic E-state index is -0.242. The number of hydrogen-bond donors (Lipinski definition) is 1. The fraction of sp³-hybridized carbons (Fsp3) is 0.414. The molecule has 5 heteroatoms. The van der Waals surface area contributed by atoms with Gasteiger partial charge < -0.3 is 9.88 Å². The zero-order valence-electron chi connectivity index (χ0n) is 20.3. The SMILES string of the molecule is CC(C)Cc1ccc([C@@H](C)C(=O)N2CCc3nc(C4(c5ccccc5)CC4)[nH]c(=O)c3C2)cc1. The van der Waals surface area contributed by atoms with Crippen LogP contribution in [-0.4, -0.2) is 27.3 Å². The van der Waals surface area contributed by atoms with Gasteiger partial charge >= 0.3 is 0 Å². The van der Waals surface area contributed by atoms with Crippen molar-refractivity contribution in [3.8, 4) is 0 Å². The third-order valence-corrected chi connectivity index (χ3v) is 7.40. The molecular weight excluding hydrogens is 422 g/mol. The largest absolute Gasteiger partial charge is 0.337 e. The van der Waals surface area contributed by atoms with Crippen molar-refractivity contribution in [2.75, 3.05) is 6.54 Å². The Balaban J connectivity index is 1.33. The lowest BCUT2D eigenvalue weighted by Gasteiger charge is -2.30. The van der Waals surface area contributed by atoms with E-state index in [0.29, 0.717) is 31.0 Å². The van der Waals surface area contributed by atoms with Crippen LogP contribution in [0.4, 0.5) is 0 Å². The Labute approximate surface area is 201 Å². The quantitative estimate of drug-likeness (QED) is 0.584. The summed E-state index contributed by atoms with van der Waals surface area (Å²) in [6.45, 7) is 7.29. The van der Waals surface area contributed by atoms with E-state index in [0.717, 1.165) is 36.3 Å². The highest BCUT2D eigenvalue weighted by molar-refractivity contribution is 5.83. The summed E-state index contributed by atoms with van der Waals surface area (Å²) in [6, 6.07) is 18.7. The standard InChI is InChI=1S/C29H33N3O2/c1-19(2)17-21-9-11-22(12-10-21)20(3)27(34)32-16-13-25-24(18-32)26(33)31-28(30-25)29(14-15-29)23-7-5-4-6-8-23/h4-12,19-20H,13-18H2,1-3H3,(H,30,31,33)/t20-/m1/s1. The molecule has 1 aliphatic carbocycles. The van der Waals surface area contributed by atoms with Crippen LogP contribution in [0.5, 0.6) is 0 Å². The van der Waals surface area contributed by atoms with Crippen molar-refractivity contribution in [3.05, 3.63) is 98.7 Å². The lowest BCUT2D eigenvalue weighted by molar-refractivity contribution is -0.133. The zero-order valence-corrected chi connectivity index (χ0v) is 20.3. The molecule has 0 unspecified atom stereocenters. The third kappa shape index (κ3) is 4.20. The highest BCUT2D eigenvalue weighted by Crippen LogP contribution is 2.51. The number of hydrogen-bond acceptors (Lipinski definition) is 3. The monoisotopic (exact) mass is 455 g/mol. The van der Waals surface area contributed by atoms with Gasteiger partial charge in [-0.05, 0) is 48.8 Å². The maximum absolute atomic E-state index is 13.3. The summed E-state index contributed by atoms with van der Waals surface area (Å²) in [5.74, 6) is 1.20. The molecule has 5 nitrogen and oxygen atoms in total. The van der Waals surface area contributed by atoms with Gasteiger partial charge in [0.15, 0.2) is 0 Å². The Morgan fingerprint density at radius 1 is 1.06 bits per heavy atom. The van der Waals surface area contributed by atoms with Crippen LogP contribution in [0, 0.1) is 5.92 Å². The van der Waals surface area contributed by atoms with E-state index in [1.54, 1.807) is 0 Å². The summed E-state index contributed by atoms with van der Waals surface area (Å²) < 4.78 is 0. The van der Waals surface area contributed by atoms with Crippen molar-refractivity contribution in [2.45, 2.75) is 64.3 Å². The summed E-state index contributed by atoms with van der Waals surface area (Å²) in [5, 5.41) is 0. The molecule has 3 aromatic rings. The molecule has 176 valence electrons. The third-order valence-electron chi connectivity index (χ3n) is 7.40. The predicted molar refractivity (Wildman–Crippen MR) is 134 cm³/mol. The van der Waals surface area contributed by atoms with Crippen LogP contribution in [0.1, 0.15) is 73.3 Å². The zero-order chi connectivity index (χ0) is 23.9. The number of H-pyrrole nitrogens is 1. The highest BCUT2D eigenvalue weighted by atomic mass is 16.2. The second-order valence-electron chi connectivity index (χ2n) is 10.4. The summed E-state index contributed by atoms with van der Waals surface area (Å²) in [7, 11) is 0. The van der Waals surface area contributed by atoms with Crippen molar-refractivity contribution < 1.29 is 4.79 Å². The number of nitrogens with one attached hydrogen (secondary N) is 1. The molecule has 1 atom stereocenters. The van der Waals surface area contributed by atoms with E-state index in [2.05, 4.69) is 55.2 Å². The molecule has 34 heavy (non-hydrogen) atoms. The molecule has 2 heterocycles. The van der Waals surface area contributed by atoms with E-state index < -0.39 is 0 Å². The van der Waals surface area contributed by atoms with Crippen LogP contribution in [0.3, 0.4) is 0 Å². The molecule has 0 spiro atoms. The summed E-state index contributed by atoms with van der Waals surface area (Å²) in [4.78, 5) is 36.2. The van der Waals surface area contributed by atoms with Crippen LogP contribution in [0.25, 0.3) is 0 Å². The van der Waals surface area contributed by atoms with Gasteiger partial charge in [-0.2, -0.15) is 0 Å². The Morgan fingerprint density at radius 2 is 1.76 bits per heavy atom. The number of fused-ring (bicyclic) bond motifs is 1. The van der Waals surface area contributed by atoms with Gasteiger partial charge in [0.05, 0.1) is 29.1 Å². The molecular formula is C29H33N3O2. The van der Waals surface area contributed by atoms with Gasteiger partial charge in [-0.25, -0.2) is 4.98 Å². The summed E-state index contributed by atoms with van der Waals surface area (Å²) in [6.07, 6.45) is 3.64. The Kier molecular flexibility index (Phi) is 5.88. The smallest absolute Gasteiger partial charge is 0.256 e. The molecule has 0 bridgehead atoms. The van der Waals surface area contributed by atoms with E-state index in [4.69, 9.17) is 4.98 Å². The van der Waals surface area contributed by atoms with Crippen molar-refractivity contribution in [2.24, 2.45) is 5.92 Å². The van der Waals surface area contributed by atoms with Gasteiger partial charge in [-0.3, -0.25) is 9.59 Å². The molecule has 2 aliphatic rings. The molecule has 1 amide bonds. The molecule has 2 aromatic carbocycles. The number of rotatable bonds is 6. The van der Waals surface area contributed by atoms with Gasteiger partial charge in [0.1, 0.15) is 5.82 Å². The average Bonchev–Trinajstić information content (AvgIpc) is 3.66. The van der Waals surface area contributed by atoms with E-state index in [-0.39, 0.29) is 22.8 Å². The van der Waals surface area contributed by atoms with Crippen LogP contribution in [-0.2, 0) is 29.6 Å². The first-order chi connectivity index (χ1) is 16.4. The van der Waals surface area contributed by atoms with Gasteiger partial charge in [0, 0.05) is 13.0 Å². The molecule has 1 fully saturated rings. The molecule has 0 saturated heterocycles. The molecule has 1 aromatic heterocycles. The van der Waals surface area contributed by atoms with Crippen molar-refractivity contribution in [1.29, 1.82) is 0 Å². The lowest BCUT2D eigenvalue weighted by atomic mass is 9.94. The minimum Gasteiger partial charge on any atom is -0.337 e. The highest BCUT2D eigenvalue weighted by Gasteiger charge is 2.48. The lowest BCUT2D eigenvalue weighted by Crippen LogP contribution is -2.42. The van der Waals surface area contributed by atoms with Gasteiger partial charge in [0.2, 0.25) is 5.91 Å². The maximum Gasteiger partial charge on any atom is 0.256 e. The molecule has 0 radical (unpaired) electrons. The van der Waals surface area contributed by atoms with E-state index in [1.807, 2.05) is 30.0 Å². The number of aromatic nitrogens is 2. The Morgan fingerprint density at radius 3 is 2.41 bits per heavy atom. The molecule has 1 aliphatic heterocycles. The summed E-state index contributed by atoms with van der Waals surface area (Å²) >= 11 is 0. The van der Waals surface area contributed by atoms with Crippen molar-refractivity contribution in [3.63, 3.8) is 0 Å². The number of aromatic amines is 1. The molecule has 5 rings (SSSR count). The Bertz CT molecular complexity index is 1240. The second kappa shape index (κ2) is 8.86. The first-order valence-electron chi connectivity index (χ1n) is 12.4. The first-order valence-corrected chi connectivity index (χ1v) is 12.4. The van der Waals surface area contributed by atoms with Crippen LogP contribution >= 0.6 is 0 Å². The fourth-order valence-electron chi connectivity index (χ4n) is 5.21. The van der Waals surface area contributed by atoms with Crippen LogP contribution in [0.15, 0.2) is 59.4 Å². The van der Waals surface area contributed by atoms with E-state index in [1.165, 1.54) is 11.1 Å².